The molecule has 0 fully saturated rings. The molecule has 0 aliphatic rings. The van der Waals surface area contributed by atoms with Crippen LogP contribution in [0.15, 0.2) is 24.3 Å². The van der Waals surface area contributed by atoms with Crippen molar-refractivity contribution in [3.05, 3.63) is 29.8 Å². The predicted octanol–water partition coefficient (Wildman–Crippen LogP) is 0.525. The molecule has 0 unspecified atom stereocenters. The second-order valence-electron chi connectivity index (χ2n) is 3.18. The van der Waals surface area contributed by atoms with Crippen molar-refractivity contribution in [3.8, 4) is 0 Å². The Bertz CT molecular complexity index is 291. The number of benzene rings is 1. The Morgan fingerprint density at radius 2 is 1.58 bits per heavy atom. The zero-order valence-electron chi connectivity index (χ0n) is 7.10. The van der Waals surface area contributed by atoms with Crippen LogP contribution in [0.4, 0.5) is 0 Å². The van der Waals surface area contributed by atoms with Crippen LogP contribution in [0.3, 0.4) is 0 Å². The SMILES string of the molecule is Cc1ccccc1P(C)(O)(O)O. The van der Waals surface area contributed by atoms with Crippen molar-refractivity contribution in [2.45, 2.75) is 6.92 Å². The Morgan fingerprint density at radius 1 is 1.08 bits per heavy atom. The van der Waals surface area contributed by atoms with Crippen molar-refractivity contribution in [2.75, 3.05) is 6.66 Å². The molecule has 0 spiro atoms. The van der Waals surface area contributed by atoms with Crippen LogP contribution in [0.5, 0.6) is 0 Å². The number of hydrogen-bond donors (Lipinski definition) is 3. The fourth-order valence-electron chi connectivity index (χ4n) is 1.15. The topological polar surface area (TPSA) is 60.7 Å². The molecule has 68 valence electrons. The van der Waals surface area contributed by atoms with E-state index in [1.807, 2.05) is 0 Å². The molecule has 1 aromatic rings. The summed E-state index contributed by atoms with van der Waals surface area (Å²) >= 11 is 0. The van der Waals surface area contributed by atoms with Crippen molar-refractivity contribution in [3.63, 3.8) is 0 Å². The monoisotopic (exact) mass is 188 g/mol. The Labute approximate surface area is 71.5 Å². The van der Waals surface area contributed by atoms with Crippen LogP contribution in [0.2, 0.25) is 0 Å². The Balaban J connectivity index is 3.30. The summed E-state index contributed by atoms with van der Waals surface area (Å²) < 4.78 is 0. The molecule has 1 aromatic carbocycles. The molecule has 0 radical (unpaired) electrons. The molecule has 0 bridgehead atoms. The Hall–Kier alpha value is -0.470. The minimum atomic E-state index is -4.54. The molecule has 4 heteroatoms. The third kappa shape index (κ3) is 2.02. The minimum absolute atomic E-state index is 0.225. The summed E-state index contributed by atoms with van der Waals surface area (Å²) in [5, 5.41) is 0.225. The summed E-state index contributed by atoms with van der Waals surface area (Å²) in [6, 6.07) is 6.69. The maximum atomic E-state index is 9.38. The van der Waals surface area contributed by atoms with Gasteiger partial charge in [-0.15, -0.1) is 0 Å². The van der Waals surface area contributed by atoms with Crippen LogP contribution in [0.25, 0.3) is 0 Å². The Morgan fingerprint density at radius 3 is 1.92 bits per heavy atom. The van der Waals surface area contributed by atoms with Crippen molar-refractivity contribution in [1.82, 2.24) is 0 Å². The van der Waals surface area contributed by atoms with Gasteiger partial charge in [0.15, 0.2) is 0 Å². The summed E-state index contributed by atoms with van der Waals surface area (Å²) in [6.45, 7) is 2.79. The average molecular weight is 188 g/mol. The standard InChI is InChI=1S/C8H13O3P/c1-7-5-3-4-6-8(7)12(2,9,10)11/h3-6,9-11H,1-2H3. The van der Waals surface area contributed by atoms with Crippen molar-refractivity contribution >= 4 is 12.6 Å². The summed E-state index contributed by atoms with van der Waals surface area (Å²) in [6.07, 6.45) is 0. The third-order valence-electron chi connectivity index (χ3n) is 1.68. The third-order valence-corrected chi connectivity index (χ3v) is 3.31. The molecular weight excluding hydrogens is 175 g/mol. The molecule has 3 N–H and O–H groups in total. The predicted molar refractivity (Wildman–Crippen MR) is 50.3 cm³/mol. The molecule has 0 aliphatic heterocycles. The van der Waals surface area contributed by atoms with E-state index in [0.717, 1.165) is 6.66 Å². The average Bonchev–Trinajstić information content (AvgIpc) is 1.84. The molecule has 0 aliphatic carbocycles. The van der Waals surface area contributed by atoms with Gasteiger partial charge in [-0.2, -0.15) is 0 Å². The zero-order valence-corrected chi connectivity index (χ0v) is 7.99. The van der Waals surface area contributed by atoms with Gasteiger partial charge in [0.05, 0.1) is 0 Å². The van der Waals surface area contributed by atoms with Gasteiger partial charge in [0, 0.05) is 0 Å². The molecule has 0 heterocycles. The summed E-state index contributed by atoms with van der Waals surface area (Å²) in [5.74, 6) is 0. The van der Waals surface area contributed by atoms with Crippen molar-refractivity contribution in [2.24, 2.45) is 0 Å². The molecule has 0 atom stereocenters. The van der Waals surface area contributed by atoms with Gasteiger partial charge in [-0.25, -0.2) is 0 Å². The van der Waals surface area contributed by atoms with E-state index in [4.69, 9.17) is 0 Å². The molecule has 0 saturated carbocycles. The number of hydrogen-bond acceptors (Lipinski definition) is 3. The molecule has 0 amide bonds. The summed E-state index contributed by atoms with van der Waals surface area (Å²) in [4.78, 5) is 28.1. The van der Waals surface area contributed by atoms with Gasteiger partial charge in [-0.3, -0.25) is 0 Å². The fourth-order valence-corrected chi connectivity index (χ4v) is 2.49. The molecule has 0 aromatic heterocycles. The van der Waals surface area contributed by atoms with Gasteiger partial charge >= 0.3 is 70.7 Å². The first-order valence-electron chi connectivity index (χ1n) is 3.60. The molecular formula is C8H13O3P. The summed E-state index contributed by atoms with van der Waals surface area (Å²) in [7, 11) is -4.54. The van der Waals surface area contributed by atoms with Gasteiger partial charge < -0.3 is 0 Å². The fraction of sp³-hybridized carbons (Fsp3) is 0.250. The first kappa shape index (κ1) is 9.62. The van der Waals surface area contributed by atoms with Gasteiger partial charge in [0.25, 0.3) is 0 Å². The van der Waals surface area contributed by atoms with Crippen molar-refractivity contribution in [1.29, 1.82) is 0 Å². The number of aryl methyl sites for hydroxylation is 1. The first-order valence-corrected chi connectivity index (χ1v) is 6.14. The molecule has 3 nitrogen and oxygen atoms in total. The van der Waals surface area contributed by atoms with Crippen LogP contribution in [0.1, 0.15) is 5.56 Å². The maximum absolute atomic E-state index is 9.38. The van der Waals surface area contributed by atoms with E-state index in [1.54, 1.807) is 25.1 Å². The Kier molecular flexibility index (Phi) is 2.01. The van der Waals surface area contributed by atoms with Gasteiger partial charge in [0.2, 0.25) is 0 Å². The van der Waals surface area contributed by atoms with E-state index in [-0.39, 0.29) is 5.30 Å². The zero-order chi connectivity index (χ0) is 9.43. The van der Waals surface area contributed by atoms with Crippen LogP contribution in [-0.4, -0.2) is 21.3 Å². The normalized spacial score (nSPS) is 15.2. The van der Waals surface area contributed by atoms with E-state index < -0.39 is 7.28 Å². The first-order chi connectivity index (χ1) is 5.27. The van der Waals surface area contributed by atoms with E-state index in [2.05, 4.69) is 0 Å². The van der Waals surface area contributed by atoms with Crippen molar-refractivity contribution < 1.29 is 14.7 Å². The van der Waals surface area contributed by atoms with Crippen LogP contribution in [-0.2, 0) is 0 Å². The second-order valence-corrected chi connectivity index (χ2v) is 6.44. The molecule has 12 heavy (non-hydrogen) atoms. The van der Waals surface area contributed by atoms with Gasteiger partial charge in [0.1, 0.15) is 0 Å². The number of rotatable bonds is 1. The van der Waals surface area contributed by atoms with Gasteiger partial charge in [-0.05, 0) is 0 Å². The summed E-state index contributed by atoms with van der Waals surface area (Å²) in [5.41, 5.74) is 0.685. The second kappa shape index (κ2) is 2.51. The van der Waals surface area contributed by atoms with E-state index in [9.17, 15) is 14.7 Å². The van der Waals surface area contributed by atoms with E-state index >= 15 is 0 Å². The van der Waals surface area contributed by atoms with Crippen LogP contribution >= 0.6 is 7.28 Å². The van der Waals surface area contributed by atoms with E-state index in [1.165, 1.54) is 6.07 Å². The van der Waals surface area contributed by atoms with E-state index in [0.29, 0.717) is 5.56 Å². The quantitative estimate of drug-likeness (QED) is 0.563. The van der Waals surface area contributed by atoms with Gasteiger partial charge in [-0.1, -0.05) is 0 Å². The van der Waals surface area contributed by atoms with Crippen LogP contribution in [0, 0.1) is 6.92 Å². The van der Waals surface area contributed by atoms with Crippen LogP contribution < -0.4 is 5.30 Å². The molecule has 0 saturated heterocycles. The molecule has 1 rings (SSSR count).